The molecule has 5 heteroatoms. The smallest absolute Gasteiger partial charge is 0.0863 e. The lowest BCUT2D eigenvalue weighted by atomic mass is 10.3. The molecule has 0 saturated carbocycles. The minimum atomic E-state index is 0.809. The second-order valence-corrected chi connectivity index (χ2v) is 5.21. The van der Waals surface area contributed by atoms with Crippen molar-refractivity contribution in [3.8, 4) is 0 Å². The van der Waals surface area contributed by atoms with E-state index >= 15 is 0 Å². The van der Waals surface area contributed by atoms with Crippen LogP contribution in [0.5, 0.6) is 0 Å². The zero-order chi connectivity index (χ0) is 12.0. The highest BCUT2D eigenvalue weighted by atomic mass is 127. The third-order valence-corrected chi connectivity index (χ3v) is 3.73. The molecule has 92 valence electrons. The summed E-state index contributed by atoms with van der Waals surface area (Å²) in [5.41, 5.74) is 2.08. The van der Waals surface area contributed by atoms with Crippen LogP contribution in [-0.2, 0) is 20.0 Å². The summed E-state index contributed by atoms with van der Waals surface area (Å²) in [5, 5.41) is 8.62. The molecule has 0 aliphatic carbocycles. The van der Waals surface area contributed by atoms with Crippen molar-refractivity contribution in [2.45, 2.75) is 32.7 Å². The van der Waals surface area contributed by atoms with Crippen molar-refractivity contribution in [1.82, 2.24) is 15.1 Å². The molecule has 0 aromatic carbocycles. The van der Waals surface area contributed by atoms with Crippen LogP contribution in [0.1, 0.15) is 31.2 Å². The number of alkyl halides is 1. The molecule has 0 atom stereocenters. The summed E-state index contributed by atoms with van der Waals surface area (Å²) >= 11 is 8.65. The van der Waals surface area contributed by atoms with Crippen LogP contribution < -0.4 is 5.32 Å². The quantitative estimate of drug-likeness (QED) is 0.463. The Kier molecular flexibility index (Phi) is 6.68. The Hall–Kier alpha value is 0.190. The third-order valence-electron chi connectivity index (χ3n) is 2.53. The Morgan fingerprint density at radius 2 is 2.19 bits per heavy atom. The van der Waals surface area contributed by atoms with Gasteiger partial charge in [-0.05, 0) is 30.2 Å². The average molecular weight is 356 g/mol. The van der Waals surface area contributed by atoms with E-state index in [0.717, 1.165) is 35.9 Å². The first-order valence-electron chi connectivity index (χ1n) is 5.67. The van der Waals surface area contributed by atoms with E-state index in [4.69, 9.17) is 11.6 Å². The van der Waals surface area contributed by atoms with Crippen LogP contribution in [0.25, 0.3) is 0 Å². The van der Waals surface area contributed by atoms with Gasteiger partial charge in [-0.25, -0.2) is 0 Å². The summed E-state index contributed by atoms with van der Waals surface area (Å²) in [4.78, 5) is 0. The molecule has 3 nitrogen and oxygen atoms in total. The van der Waals surface area contributed by atoms with Gasteiger partial charge in [-0.3, -0.25) is 4.68 Å². The number of nitrogens with one attached hydrogen (secondary N) is 1. The molecule has 0 aliphatic rings. The van der Waals surface area contributed by atoms with Crippen LogP contribution in [0.15, 0.2) is 0 Å². The molecule has 1 aromatic rings. The van der Waals surface area contributed by atoms with Gasteiger partial charge in [0.1, 0.15) is 0 Å². The van der Waals surface area contributed by atoms with E-state index in [9.17, 15) is 0 Å². The number of unbranched alkanes of at least 4 members (excludes halogenated alkanes) is 1. The molecule has 1 aromatic heterocycles. The minimum absolute atomic E-state index is 0.809. The first-order chi connectivity index (χ1) is 7.70. The molecular formula is C11H19ClIN3. The van der Waals surface area contributed by atoms with Crippen molar-refractivity contribution >= 4 is 34.2 Å². The van der Waals surface area contributed by atoms with E-state index in [2.05, 4.69) is 39.9 Å². The molecule has 0 radical (unpaired) electrons. The van der Waals surface area contributed by atoms with Gasteiger partial charge in [0, 0.05) is 13.6 Å². The Balaban J connectivity index is 2.44. The summed E-state index contributed by atoms with van der Waals surface area (Å²) in [6.45, 7) is 3.93. The number of aromatic nitrogens is 2. The van der Waals surface area contributed by atoms with E-state index in [-0.39, 0.29) is 0 Å². The molecule has 0 amide bonds. The van der Waals surface area contributed by atoms with Crippen molar-refractivity contribution in [3.63, 3.8) is 0 Å². The van der Waals surface area contributed by atoms with Crippen LogP contribution in [0, 0.1) is 0 Å². The number of halogens is 2. The van der Waals surface area contributed by atoms with E-state index in [1.54, 1.807) is 0 Å². The summed E-state index contributed by atoms with van der Waals surface area (Å²) in [6, 6.07) is 0. The van der Waals surface area contributed by atoms with Gasteiger partial charge in [0.05, 0.1) is 16.4 Å². The van der Waals surface area contributed by atoms with Crippen molar-refractivity contribution in [1.29, 1.82) is 0 Å². The second kappa shape index (κ2) is 7.50. The van der Waals surface area contributed by atoms with Crippen molar-refractivity contribution in [2.75, 3.05) is 11.0 Å². The molecular weight excluding hydrogens is 336 g/mol. The van der Waals surface area contributed by atoms with Gasteiger partial charge in [-0.2, -0.15) is 5.10 Å². The van der Waals surface area contributed by atoms with E-state index < -0.39 is 0 Å². The highest BCUT2D eigenvalue weighted by molar-refractivity contribution is 14.1. The molecule has 1 heterocycles. The van der Waals surface area contributed by atoms with Crippen LogP contribution in [0.2, 0.25) is 5.02 Å². The average Bonchev–Trinajstić information content (AvgIpc) is 2.55. The number of rotatable bonds is 7. The first-order valence-corrected chi connectivity index (χ1v) is 7.58. The molecule has 0 aliphatic heterocycles. The maximum atomic E-state index is 6.25. The van der Waals surface area contributed by atoms with Gasteiger partial charge >= 0.3 is 0 Å². The highest BCUT2D eigenvalue weighted by Gasteiger charge is 2.11. The first kappa shape index (κ1) is 14.3. The molecule has 0 bridgehead atoms. The number of nitrogens with zero attached hydrogens (tertiary/aromatic N) is 2. The third kappa shape index (κ3) is 3.89. The van der Waals surface area contributed by atoms with Gasteiger partial charge in [0.15, 0.2) is 0 Å². The fraction of sp³-hybridized carbons (Fsp3) is 0.727. The minimum Gasteiger partial charge on any atom is -0.311 e. The van der Waals surface area contributed by atoms with Gasteiger partial charge in [-0.15, -0.1) is 0 Å². The molecule has 16 heavy (non-hydrogen) atoms. The predicted molar refractivity (Wildman–Crippen MR) is 77.4 cm³/mol. The second-order valence-electron chi connectivity index (χ2n) is 3.76. The Morgan fingerprint density at radius 1 is 1.44 bits per heavy atom. The largest absolute Gasteiger partial charge is 0.311 e. The Morgan fingerprint density at radius 3 is 2.75 bits per heavy atom. The van der Waals surface area contributed by atoms with Crippen LogP contribution >= 0.6 is 34.2 Å². The lowest BCUT2D eigenvalue weighted by molar-refractivity contribution is 0.603. The summed E-state index contributed by atoms with van der Waals surface area (Å²) in [7, 11) is 1.95. The summed E-state index contributed by atoms with van der Waals surface area (Å²) < 4.78 is 3.11. The molecule has 1 rings (SSSR count). The topological polar surface area (TPSA) is 29.9 Å². The number of hydrogen-bond acceptors (Lipinski definition) is 2. The summed E-state index contributed by atoms with van der Waals surface area (Å²) in [5.74, 6) is 0. The highest BCUT2D eigenvalue weighted by Crippen LogP contribution is 2.20. The van der Waals surface area contributed by atoms with Gasteiger partial charge in [0.25, 0.3) is 0 Å². The Labute approximate surface area is 116 Å². The molecule has 1 N–H and O–H groups in total. The van der Waals surface area contributed by atoms with Crippen molar-refractivity contribution in [2.24, 2.45) is 7.05 Å². The fourth-order valence-electron chi connectivity index (χ4n) is 1.56. The van der Waals surface area contributed by atoms with Gasteiger partial charge in [0.2, 0.25) is 0 Å². The molecule has 0 spiro atoms. The van der Waals surface area contributed by atoms with E-state index in [1.165, 1.54) is 17.3 Å². The van der Waals surface area contributed by atoms with Crippen molar-refractivity contribution in [3.05, 3.63) is 16.4 Å². The monoisotopic (exact) mass is 355 g/mol. The fourth-order valence-corrected chi connectivity index (χ4v) is 2.46. The lowest BCUT2D eigenvalue weighted by Crippen LogP contribution is -2.17. The predicted octanol–water partition coefficient (Wildman–Crippen LogP) is 2.94. The van der Waals surface area contributed by atoms with Crippen LogP contribution in [0.3, 0.4) is 0 Å². The number of aryl methyl sites for hydroxylation is 2. The van der Waals surface area contributed by atoms with Crippen molar-refractivity contribution < 1.29 is 0 Å². The van der Waals surface area contributed by atoms with Crippen LogP contribution in [-0.4, -0.2) is 20.8 Å². The summed E-state index contributed by atoms with van der Waals surface area (Å²) in [6.07, 6.45) is 3.38. The van der Waals surface area contributed by atoms with Crippen LogP contribution in [0.4, 0.5) is 0 Å². The normalized spacial score (nSPS) is 11.0. The molecule has 0 fully saturated rings. The zero-order valence-electron chi connectivity index (χ0n) is 9.89. The lowest BCUT2D eigenvalue weighted by Gasteiger charge is -2.05. The maximum absolute atomic E-state index is 6.25. The van der Waals surface area contributed by atoms with E-state index in [1.807, 2.05) is 11.7 Å². The van der Waals surface area contributed by atoms with Gasteiger partial charge in [-0.1, -0.05) is 41.1 Å². The number of hydrogen-bond donors (Lipinski definition) is 1. The molecule has 0 unspecified atom stereocenters. The molecule has 0 saturated heterocycles. The standard InChI is InChI=1S/C11H19ClIN3/c1-3-9-11(12)10(16(2)15-9)8-14-7-5-4-6-13/h14H,3-8H2,1-2H3. The Bertz CT molecular complexity index is 325. The zero-order valence-corrected chi connectivity index (χ0v) is 12.8. The maximum Gasteiger partial charge on any atom is 0.0863 e. The SMILES string of the molecule is CCc1nn(C)c(CNCCCCI)c1Cl. The van der Waals surface area contributed by atoms with Gasteiger partial charge < -0.3 is 5.32 Å². The van der Waals surface area contributed by atoms with E-state index in [0.29, 0.717) is 0 Å².